The number of hydrogen-bond acceptors (Lipinski definition) is 5. The largest absolute Gasteiger partial charge is 0.507 e. The molecule has 0 saturated carbocycles. The number of aromatic hydroxyl groups is 1. The Labute approximate surface area is 131 Å². The molecule has 110 valence electrons. The summed E-state index contributed by atoms with van der Waals surface area (Å²) in [5.41, 5.74) is 2.53. The van der Waals surface area contributed by atoms with Gasteiger partial charge in [-0.15, -0.1) is 4.91 Å². The molecule has 2 aromatic carbocycles. The molecule has 22 heavy (non-hydrogen) atoms. The second-order valence-corrected chi connectivity index (χ2v) is 5.21. The van der Waals surface area contributed by atoms with Crippen molar-refractivity contribution in [1.29, 1.82) is 0 Å². The Morgan fingerprint density at radius 1 is 1.27 bits per heavy atom. The zero-order chi connectivity index (χ0) is 15.7. The van der Waals surface area contributed by atoms with Crippen molar-refractivity contribution in [1.82, 2.24) is 14.8 Å². The number of phenolic OH excluding ortho intramolecular Hbond substituents is 1. The van der Waals surface area contributed by atoms with E-state index in [1.165, 1.54) is 12.1 Å². The van der Waals surface area contributed by atoms with Crippen molar-refractivity contribution < 1.29 is 5.11 Å². The van der Waals surface area contributed by atoms with Gasteiger partial charge in [0.1, 0.15) is 11.4 Å². The van der Waals surface area contributed by atoms with Gasteiger partial charge in [-0.05, 0) is 54.1 Å². The molecular weight excluding hydrogens is 300 g/mol. The zero-order valence-electron chi connectivity index (χ0n) is 11.6. The predicted octanol–water partition coefficient (Wildman–Crippen LogP) is 4.01. The van der Waals surface area contributed by atoms with Crippen LogP contribution in [0.5, 0.6) is 5.75 Å². The normalized spacial score (nSPS) is 10.6. The van der Waals surface area contributed by atoms with E-state index in [-0.39, 0.29) is 11.4 Å². The van der Waals surface area contributed by atoms with Gasteiger partial charge in [0, 0.05) is 6.07 Å². The third-order valence-corrected chi connectivity index (χ3v) is 3.53. The smallest absolute Gasteiger partial charge is 0.200 e. The highest BCUT2D eigenvalue weighted by Crippen LogP contribution is 2.32. The molecule has 0 saturated heterocycles. The lowest BCUT2D eigenvalue weighted by Crippen LogP contribution is -1.98. The van der Waals surface area contributed by atoms with Crippen LogP contribution in [0.4, 0.5) is 5.69 Å². The Morgan fingerprint density at radius 3 is 2.77 bits per heavy atom. The summed E-state index contributed by atoms with van der Waals surface area (Å²) in [6, 6.07) is 12.2. The van der Waals surface area contributed by atoms with E-state index in [0.29, 0.717) is 16.2 Å². The summed E-state index contributed by atoms with van der Waals surface area (Å²) in [5.74, 6) is 0.380. The summed E-state index contributed by atoms with van der Waals surface area (Å²) < 4.78 is 2.14. The lowest BCUT2D eigenvalue weighted by atomic mass is 10.1. The van der Waals surface area contributed by atoms with Crippen molar-refractivity contribution in [3.63, 3.8) is 0 Å². The van der Waals surface area contributed by atoms with E-state index in [2.05, 4.69) is 15.4 Å². The first-order chi connectivity index (χ1) is 10.6. The SMILES string of the molecule is Cc1cccc(-n2c(-c3ccc(N=O)cc3O)n[nH]c2=S)c1. The van der Waals surface area contributed by atoms with Crippen LogP contribution < -0.4 is 0 Å². The predicted molar refractivity (Wildman–Crippen MR) is 86.0 cm³/mol. The number of rotatable bonds is 3. The number of nitroso groups, excluding NO2 is 1. The summed E-state index contributed by atoms with van der Waals surface area (Å²) in [4.78, 5) is 10.5. The van der Waals surface area contributed by atoms with Crippen LogP contribution in [0.25, 0.3) is 17.1 Å². The summed E-state index contributed by atoms with van der Waals surface area (Å²) in [5, 5.41) is 19.8. The van der Waals surface area contributed by atoms with Gasteiger partial charge in [-0.25, -0.2) is 0 Å². The van der Waals surface area contributed by atoms with Gasteiger partial charge in [0.15, 0.2) is 10.6 Å². The van der Waals surface area contributed by atoms with Gasteiger partial charge in [-0.3, -0.25) is 9.67 Å². The summed E-state index contributed by atoms with van der Waals surface area (Å²) in [6.45, 7) is 1.98. The van der Waals surface area contributed by atoms with Crippen LogP contribution in [0.15, 0.2) is 47.6 Å². The number of aromatic nitrogens is 3. The van der Waals surface area contributed by atoms with Crippen molar-refractivity contribution >= 4 is 17.9 Å². The summed E-state index contributed by atoms with van der Waals surface area (Å²) in [6.07, 6.45) is 0. The molecule has 0 unspecified atom stereocenters. The zero-order valence-corrected chi connectivity index (χ0v) is 12.5. The Bertz CT molecular complexity index is 914. The van der Waals surface area contributed by atoms with Crippen LogP contribution in [0.3, 0.4) is 0 Å². The van der Waals surface area contributed by atoms with Gasteiger partial charge in [0.25, 0.3) is 0 Å². The molecule has 3 rings (SSSR count). The Balaban J connectivity index is 2.22. The monoisotopic (exact) mass is 312 g/mol. The fraction of sp³-hybridized carbons (Fsp3) is 0.0667. The first-order valence-corrected chi connectivity index (χ1v) is 6.92. The van der Waals surface area contributed by atoms with Crippen LogP contribution in [0, 0.1) is 16.6 Å². The molecule has 0 bridgehead atoms. The number of aromatic amines is 1. The molecule has 0 spiro atoms. The quantitative estimate of drug-likeness (QED) is 0.565. The molecule has 6 nitrogen and oxygen atoms in total. The average molecular weight is 312 g/mol. The number of nitrogens with one attached hydrogen (secondary N) is 1. The van der Waals surface area contributed by atoms with Crippen molar-refractivity contribution in [3.05, 3.63) is 57.7 Å². The number of benzene rings is 2. The van der Waals surface area contributed by atoms with Crippen molar-refractivity contribution in [2.75, 3.05) is 0 Å². The second-order valence-electron chi connectivity index (χ2n) is 4.82. The fourth-order valence-corrected chi connectivity index (χ4v) is 2.49. The van der Waals surface area contributed by atoms with Gasteiger partial charge in [0.2, 0.25) is 0 Å². The van der Waals surface area contributed by atoms with Crippen LogP contribution in [0.1, 0.15) is 5.56 Å². The highest BCUT2D eigenvalue weighted by Gasteiger charge is 2.15. The van der Waals surface area contributed by atoms with Crippen molar-refractivity contribution in [2.24, 2.45) is 5.18 Å². The molecule has 0 atom stereocenters. The molecule has 1 aromatic heterocycles. The van der Waals surface area contributed by atoms with Gasteiger partial charge in [0.05, 0.1) is 11.3 Å². The van der Waals surface area contributed by atoms with Crippen molar-refractivity contribution in [3.8, 4) is 22.8 Å². The molecule has 2 N–H and O–H groups in total. The minimum Gasteiger partial charge on any atom is -0.507 e. The number of aryl methyl sites for hydroxylation is 1. The number of nitrogens with zero attached hydrogens (tertiary/aromatic N) is 3. The first kappa shape index (κ1) is 14.2. The number of H-pyrrole nitrogens is 1. The molecule has 3 aromatic rings. The van der Waals surface area contributed by atoms with E-state index in [1.54, 1.807) is 10.6 Å². The highest BCUT2D eigenvalue weighted by atomic mass is 32.1. The maximum absolute atomic E-state index is 10.5. The average Bonchev–Trinajstić information content (AvgIpc) is 2.88. The minimum absolute atomic E-state index is 0.0833. The standard InChI is InChI=1S/C15H12N4O2S/c1-9-3-2-4-11(7-9)19-14(16-17-15(19)22)12-6-5-10(18-21)8-13(12)20/h2-8,20H,1H3,(H,17,22). The Hall–Kier alpha value is -2.80. The van der Waals surface area contributed by atoms with Gasteiger partial charge in [-0.1, -0.05) is 12.1 Å². The lowest BCUT2D eigenvalue weighted by molar-refractivity contribution is 0.477. The van der Waals surface area contributed by atoms with E-state index in [4.69, 9.17) is 12.2 Å². The van der Waals surface area contributed by atoms with E-state index in [9.17, 15) is 10.0 Å². The molecular formula is C15H12N4O2S. The van der Waals surface area contributed by atoms with Gasteiger partial charge in [-0.2, -0.15) is 5.10 Å². The molecule has 0 aliphatic heterocycles. The lowest BCUT2D eigenvalue weighted by Gasteiger charge is -2.09. The maximum atomic E-state index is 10.5. The van der Waals surface area contributed by atoms with E-state index in [0.717, 1.165) is 11.3 Å². The molecule has 0 amide bonds. The minimum atomic E-state index is -0.0833. The maximum Gasteiger partial charge on any atom is 0.200 e. The molecule has 0 radical (unpaired) electrons. The van der Waals surface area contributed by atoms with Crippen LogP contribution >= 0.6 is 12.2 Å². The van der Waals surface area contributed by atoms with E-state index in [1.807, 2.05) is 31.2 Å². The Morgan fingerprint density at radius 2 is 2.09 bits per heavy atom. The van der Waals surface area contributed by atoms with Crippen molar-refractivity contribution in [2.45, 2.75) is 6.92 Å². The molecule has 0 aliphatic carbocycles. The summed E-state index contributed by atoms with van der Waals surface area (Å²) >= 11 is 5.28. The molecule has 0 aliphatic rings. The first-order valence-electron chi connectivity index (χ1n) is 6.51. The van der Waals surface area contributed by atoms with Crippen LogP contribution in [-0.4, -0.2) is 19.9 Å². The highest BCUT2D eigenvalue weighted by molar-refractivity contribution is 7.71. The molecule has 1 heterocycles. The number of hydrogen-bond donors (Lipinski definition) is 2. The summed E-state index contributed by atoms with van der Waals surface area (Å²) in [7, 11) is 0. The Kier molecular flexibility index (Phi) is 3.56. The molecule has 0 fully saturated rings. The number of phenols is 1. The van der Waals surface area contributed by atoms with Crippen LogP contribution in [-0.2, 0) is 0 Å². The van der Waals surface area contributed by atoms with Gasteiger partial charge >= 0.3 is 0 Å². The van der Waals surface area contributed by atoms with E-state index < -0.39 is 0 Å². The fourth-order valence-electron chi connectivity index (χ4n) is 2.25. The third kappa shape index (κ3) is 2.42. The van der Waals surface area contributed by atoms with Crippen LogP contribution in [0.2, 0.25) is 0 Å². The second kappa shape index (κ2) is 5.53. The van der Waals surface area contributed by atoms with Gasteiger partial charge < -0.3 is 5.11 Å². The van der Waals surface area contributed by atoms with E-state index >= 15 is 0 Å². The topological polar surface area (TPSA) is 83.3 Å². The molecule has 7 heteroatoms. The third-order valence-electron chi connectivity index (χ3n) is 3.26.